The van der Waals surface area contributed by atoms with Gasteiger partial charge in [0.15, 0.2) is 6.61 Å². The molecule has 1 amide bonds. The Morgan fingerprint density at radius 1 is 1.30 bits per heavy atom. The molecule has 0 saturated heterocycles. The summed E-state index contributed by atoms with van der Waals surface area (Å²) in [7, 11) is 0. The van der Waals surface area contributed by atoms with Crippen molar-refractivity contribution >= 4 is 11.6 Å². The van der Waals surface area contributed by atoms with E-state index in [2.05, 4.69) is 23.4 Å². The first-order chi connectivity index (χ1) is 11.0. The van der Waals surface area contributed by atoms with Gasteiger partial charge in [0.05, 0.1) is 5.69 Å². The summed E-state index contributed by atoms with van der Waals surface area (Å²) in [6.07, 6.45) is 0. The van der Waals surface area contributed by atoms with E-state index < -0.39 is 0 Å². The van der Waals surface area contributed by atoms with Gasteiger partial charge in [0.25, 0.3) is 5.91 Å². The van der Waals surface area contributed by atoms with Gasteiger partial charge in [-0.3, -0.25) is 9.69 Å². The summed E-state index contributed by atoms with van der Waals surface area (Å²) < 4.78 is 5.46. The van der Waals surface area contributed by atoms with Crippen molar-refractivity contribution in [2.45, 2.75) is 13.8 Å². The number of carbonyl (C=O) groups is 1. The minimum atomic E-state index is -0.129. The van der Waals surface area contributed by atoms with Crippen LogP contribution >= 0.6 is 0 Å². The lowest BCUT2D eigenvalue weighted by Gasteiger charge is -2.29. The van der Waals surface area contributed by atoms with Crippen LogP contribution in [-0.4, -0.2) is 17.5 Å². The van der Waals surface area contributed by atoms with E-state index in [-0.39, 0.29) is 12.5 Å². The Kier molecular flexibility index (Phi) is 3.86. The van der Waals surface area contributed by atoms with Crippen molar-refractivity contribution in [1.82, 2.24) is 4.98 Å². The molecule has 0 radical (unpaired) electrons. The second kappa shape index (κ2) is 5.98. The average Bonchev–Trinajstić information content (AvgIpc) is 2.52. The van der Waals surface area contributed by atoms with Gasteiger partial charge in [-0.1, -0.05) is 18.6 Å². The first-order valence-corrected chi connectivity index (χ1v) is 7.25. The number of amides is 1. The Bertz CT molecular complexity index is 859. The Hall–Kier alpha value is -3.06. The van der Waals surface area contributed by atoms with Gasteiger partial charge in [0.2, 0.25) is 0 Å². The molecule has 0 N–H and O–H groups in total. The van der Waals surface area contributed by atoms with Gasteiger partial charge in [-0.05, 0) is 50.1 Å². The third-order valence-electron chi connectivity index (χ3n) is 3.41. The summed E-state index contributed by atoms with van der Waals surface area (Å²) in [4.78, 5) is 17.9. The molecule has 0 spiro atoms. The molecule has 0 unspecified atom stereocenters. The number of allylic oxidation sites excluding steroid dienone is 1. The standard InChI is InChI=1S/C19H16N2O2/c1-13(2)21-17-11-15(8-10-18(17)23-12-19(21)22)7-9-16-6-4-5-14(3)20-16/h4-6,8,10-11H,1,12H2,2-3H3. The highest BCUT2D eigenvalue weighted by atomic mass is 16.5. The Labute approximate surface area is 135 Å². The first kappa shape index (κ1) is 14.9. The molecule has 0 aliphatic carbocycles. The predicted octanol–water partition coefficient (Wildman–Crippen LogP) is 3.05. The van der Waals surface area contributed by atoms with Crippen molar-refractivity contribution in [2.24, 2.45) is 0 Å². The average molecular weight is 304 g/mol. The van der Waals surface area contributed by atoms with Gasteiger partial charge in [-0.15, -0.1) is 0 Å². The zero-order valence-electron chi connectivity index (χ0n) is 13.1. The normalized spacial score (nSPS) is 12.8. The second-order valence-corrected chi connectivity index (χ2v) is 5.35. The summed E-state index contributed by atoms with van der Waals surface area (Å²) >= 11 is 0. The molecule has 0 fully saturated rings. The molecule has 114 valence electrons. The molecule has 1 aromatic heterocycles. The summed E-state index contributed by atoms with van der Waals surface area (Å²) in [5.74, 6) is 6.64. The van der Waals surface area contributed by atoms with Crippen LogP contribution in [0, 0.1) is 18.8 Å². The number of ether oxygens (including phenoxy) is 1. The minimum Gasteiger partial charge on any atom is -0.482 e. The van der Waals surface area contributed by atoms with Gasteiger partial charge in [-0.2, -0.15) is 0 Å². The number of nitrogens with zero attached hydrogens (tertiary/aromatic N) is 2. The van der Waals surface area contributed by atoms with Crippen LogP contribution < -0.4 is 9.64 Å². The van der Waals surface area contributed by atoms with Crippen molar-refractivity contribution in [1.29, 1.82) is 0 Å². The van der Waals surface area contributed by atoms with Gasteiger partial charge in [0.1, 0.15) is 11.4 Å². The number of aromatic nitrogens is 1. The van der Waals surface area contributed by atoms with Crippen molar-refractivity contribution < 1.29 is 9.53 Å². The van der Waals surface area contributed by atoms with Crippen molar-refractivity contribution in [3.8, 4) is 17.6 Å². The first-order valence-electron chi connectivity index (χ1n) is 7.25. The van der Waals surface area contributed by atoms with Crippen LogP contribution in [-0.2, 0) is 4.79 Å². The van der Waals surface area contributed by atoms with E-state index in [1.54, 1.807) is 11.8 Å². The summed E-state index contributed by atoms with van der Waals surface area (Å²) in [5, 5.41) is 0. The number of hydrogen-bond acceptors (Lipinski definition) is 3. The minimum absolute atomic E-state index is 0.0259. The number of anilines is 1. The predicted molar refractivity (Wildman–Crippen MR) is 89.2 cm³/mol. The van der Waals surface area contributed by atoms with Gasteiger partial charge < -0.3 is 4.74 Å². The Morgan fingerprint density at radius 3 is 2.87 bits per heavy atom. The summed E-state index contributed by atoms with van der Waals surface area (Å²) in [6.45, 7) is 7.61. The fraction of sp³-hybridized carbons (Fsp3) is 0.158. The third kappa shape index (κ3) is 3.09. The van der Waals surface area contributed by atoms with Crippen LogP contribution in [0.4, 0.5) is 5.69 Å². The zero-order chi connectivity index (χ0) is 16.4. The van der Waals surface area contributed by atoms with Crippen molar-refractivity contribution in [3.05, 3.63) is 65.6 Å². The number of benzene rings is 1. The molecule has 4 heteroatoms. The summed E-state index contributed by atoms with van der Waals surface area (Å²) in [6, 6.07) is 11.3. The summed E-state index contributed by atoms with van der Waals surface area (Å²) in [5.41, 5.74) is 3.76. The van der Waals surface area contributed by atoms with E-state index in [1.807, 2.05) is 43.3 Å². The largest absolute Gasteiger partial charge is 0.482 e. The number of rotatable bonds is 1. The van der Waals surface area contributed by atoms with E-state index >= 15 is 0 Å². The maximum absolute atomic E-state index is 12.0. The van der Waals surface area contributed by atoms with Crippen LogP contribution in [0.25, 0.3) is 0 Å². The second-order valence-electron chi connectivity index (χ2n) is 5.35. The molecule has 2 aromatic rings. The molecular weight excluding hydrogens is 288 g/mol. The van der Waals surface area contributed by atoms with Crippen molar-refractivity contribution in [2.75, 3.05) is 11.5 Å². The molecule has 1 aromatic carbocycles. The highest BCUT2D eigenvalue weighted by Crippen LogP contribution is 2.34. The van der Waals surface area contributed by atoms with Gasteiger partial charge in [-0.25, -0.2) is 4.98 Å². The van der Waals surface area contributed by atoms with Gasteiger partial charge >= 0.3 is 0 Å². The van der Waals surface area contributed by atoms with E-state index in [1.165, 1.54) is 0 Å². The lowest BCUT2D eigenvalue weighted by Crippen LogP contribution is -2.37. The Balaban J connectivity index is 1.98. The maximum Gasteiger partial charge on any atom is 0.269 e. The molecule has 0 saturated carbocycles. The lowest BCUT2D eigenvalue weighted by atomic mass is 10.1. The molecule has 1 aliphatic rings. The number of pyridine rings is 1. The van der Waals surface area contributed by atoms with E-state index in [9.17, 15) is 4.79 Å². The topological polar surface area (TPSA) is 42.4 Å². The molecule has 2 heterocycles. The molecule has 4 nitrogen and oxygen atoms in total. The van der Waals surface area contributed by atoms with Crippen LogP contribution in [0.2, 0.25) is 0 Å². The quantitative estimate of drug-likeness (QED) is 0.761. The molecular formula is C19H16N2O2. The van der Waals surface area contributed by atoms with Gasteiger partial charge in [0, 0.05) is 17.0 Å². The van der Waals surface area contributed by atoms with Crippen LogP contribution in [0.3, 0.4) is 0 Å². The number of carbonyl (C=O) groups excluding carboxylic acids is 1. The van der Waals surface area contributed by atoms with Crippen LogP contribution in [0.1, 0.15) is 23.9 Å². The van der Waals surface area contributed by atoms with Crippen LogP contribution in [0.15, 0.2) is 48.7 Å². The smallest absolute Gasteiger partial charge is 0.269 e. The maximum atomic E-state index is 12.0. The fourth-order valence-corrected chi connectivity index (χ4v) is 2.40. The SMILES string of the molecule is C=C(C)N1C(=O)COc2ccc(C#Cc3cccc(C)n3)cc21. The molecule has 0 atom stereocenters. The number of aryl methyl sites for hydroxylation is 1. The lowest BCUT2D eigenvalue weighted by molar-refractivity contribution is -0.120. The highest BCUT2D eigenvalue weighted by molar-refractivity contribution is 6.00. The number of fused-ring (bicyclic) bond motifs is 1. The van der Waals surface area contributed by atoms with Crippen molar-refractivity contribution in [3.63, 3.8) is 0 Å². The highest BCUT2D eigenvalue weighted by Gasteiger charge is 2.26. The molecule has 3 rings (SSSR count). The fourth-order valence-electron chi connectivity index (χ4n) is 2.40. The van der Waals surface area contributed by atoms with E-state index in [0.717, 1.165) is 11.3 Å². The third-order valence-corrected chi connectivity index (χ3v) is 3.41. The van der Waals surface area contributed by atoms with Crippen LogP contribution in [0.5, 0.6) is 5.75 Å². The number of hydrogen-bond donors (Lipinski definition) is 0. The van der Waals surface area contributed by atoms with E-state index in [4.69, 9.17) is 4.74 Å². The zero-order valence-corrected chi connectivity index (χ0v) is 13.1. The molecule has 23 heavy (non-hydrogen) atoms. The van der Waals surface area contributed by atoms with E-state index in [0.29, 0.717) is 22.8 Å². The molecule has 0 bridgehead atoms. The monoisotopic (exact) mass is 304 g/mol. The molecule has 1 aliphatic heterocycles. The Morgan fingerprint density at radius 2 is 2.13 bits per heavy atom.